The van der Waals surface area contributed by atoms with Gasteiger partial charge in [0.05, 0.1) is 19.8 Å². The van der Waals surface area contributed by atoms with Gasteiger partial charge in [-0.3, -0.25) is 0 Å². The second-order valence-corrected chi connectivity index (χ2v) is 4.76. The fourth-order valence-corrected chi connectivity index (χ4v) is 2.18. The molecule has 6 heteroatoms. The number of anilines is 2. The molecule has 118 valence electrons. The molecule has 0 spiro atoms. The van der Waals surface area contributed by atoms with Gasteiger partial charge in [0.2, 0.25) is 11.8 Å². The van der Waals surface area contributed by atoms with Crippen LogP contribution in [0.4, 0.5) is 11.8 Å². The number of aromatic nitrogens is 2. The van der Waals surface area contributed by atoms with Gasteiger partial charge < -0.3 is 20.5 Å². The number of nitrogens with one attached hydrogen (secondary N) is 1. The van der Waals surface area contributed by atoms with Gasteiger partial charge in [-0.2, -0.15) is 9.97 Å². The van der Waals surface area contributed by atoms with Crippen molar-refractivity contribution in [3.63, 3.8) is 0 Å². The Morgan fingerprint density at radius 2 is 1.91 bits per heavy atom. The summed E-state index contributed by atoms with van der Waals surface area (Å²) in [5, 5.41) is 3.36. The highest BCUT2D eigenvalue weighted by molar-refractivity contribution is 5.45. The van der Waals surface area contributed by atoms with Crippen LogP contribution in [0, 0.1) is 0 Å². The van der Waals surface area contributed by atoms with Crippen molar-refractivity contribution >= 4 is 11.8 Å². The predicted molar refractivity (Wildman–Crippen MR) is 87.3 cm³/mol. The SMILES string of the molecule is CCOc1ccc(C(CC)Nc2cc(OC)nc(N)n2)cc1. The molecule has 22 heavy (non-hydrogen) atoms. The second kappa shape index (κ2) is 7.49. The zero-order chi connectivity index (χ0) is 15.9. The molecule has 1 heterocycles. The van der Waals surface area contributed by atoms with Crippen molar-refractivity contribution in [2.24, 2.45) is 0 Å². The number of hydrogen-bond acceptors (Lipinski definition) is 6. The molecule has 0 saturated carbocycles. The lowest BCUT2D eigenvalue weighted by atomic mass is 10.0. The molecule has 0 bridgehead atoms. The molecule has 0 aliphatic heterocycles. The van der Waals surface area contributed by atoms with E-state index in [0.29, 0.717) is 18.3 Å². The normalized spacial score (nSPS) is 11.8. The Morgan fingerprint density at radius 1 is 1.18 bits per heavy atom. The quantitative estimate of drug-likeness (QED) is 0.818. The van der Waals surface area contributed by atoms with E-state index in [-0.39, 0.29) is 12.0 Å². The third-order valence-electron chi connectivity index (χ3n) is 3.25. The highest BCUT2D eigenvalue weighted by Gasteiger charge is 2.11. The topological polar surface area (TPSA) is 82.3 Å². The Balaban J connectivity index is 2.16. The first kappa shape index (κ1) is 15.9. The van der Waals surface area contributed by atoms with Gasteiger partial charge in [0.15, 0.2) is 0 Å². The largest absolute Gasteiger partial charge is 0.494 e. The van der Waals surface area contributed by atoms with E-state index in [4.69, 9.17) is 15.2 Å². The van der Waals surface area contributed by atoms with Gasteiger partial charge in [0.25, 0.3) is 0 Å². The predicted octanol–water partition coefficient (Wildman–Crippen LogP) is 3.03. The molecular formula is C16H22N4O2. The molecule has 0 amide bonds. The summed E-state index contributed by atoms with van der Waals surface area (Å²) in [4.78, 5) is 8.17. The average molecular weight is 302 g/mol. The van der Waals surface area contributed by atoms with E-state index in [1.807, 2.05) is 31.2 Å². The minimum absolute atomic E-state index is 0.120. The first-order valence-corrected chi connectivity index (χ1v) is 7.34. The third kappa shape index (κ3) is 4.00. The molecule has 0 radical (unpaired) electrons. The fourth-order valence-electron chi connectivity index (χ4n) is 2.18. The van der Waals surface area contributed by atoms with Crippen molar-refractivity contribution < 1.29 is 9.47 Å². The van der Waals surface area contributed by atoms with Gasteiger partial charge in [-0.25, -0.2) is 0 Å². The van der Waals surface area contributed by atoms with Crippen LogP contribution in [0.1, 0.15) is 31.9 Å². The molecule has 0 saturated heterocycles. The molecule has 1 unspecified atom stereocenters. The van der Waals surface area contributed by atoms with Crippen LogP contribution in [0.2, 0.25) is 0 Å². The number of hydrogen-bond donors (Lipinski definition) is 2. The van der Waals surface area contributed by atoms with Crippen LogP contribution in [-0.2, 0) is 0 Å². The van der Waals surface area contributed by atoms with E-state index in [2.05, 4.69) is 22.2 Å². The van der Waals surface area contributed by atoms with Crippen molar-refractivity contribution in [2.75, 3.05) is 24.8 Å². The minimum Gasteiger partial charge on any atom is -0.494 e. The van der Waals surface area contributed by atoms with E-state index in [1.54, 1.807) is 13.2 Å². The molecule has 2 aromatic rings. The van der Waals surface area contributed by atoms with Crippen LogP contribution in [0.3, 0.4) is 0 Å². The van der Waals surface area contributed by atoms with Gasteiger partial charge in [0.1, 0.15) is 11.6 Å². The number of benzene rings is 1. The first-order valence-electron chi connectivity index (χ1n) is 7.34. The van der Waals surface area contributed by atoms with Crippen LogP contribution in [0.25, 0.3) is 0 Å². The summed E-state index contributed by atoms with van der Waals surface area (Å²) in [6, 6.07) is 9.89. The fraction of sp³-hybridized carbons (Fsp3) is 0.375. The molecule has 3 N–H and O–H groups in total. The molecule has 2 rings (SSSR count). The summed E-state index contributed by atoms with van der Waals surface area (Å²) < 4.78 is 10.6. The minimum atomic E-state index is 0.120. The lowest BCUT2D eigenvalue weighted by molar-refractivity contribution is 0.340. The molecule has 6 nitrogen and oxygen atoms in total. The molecule has 1 aromatic carbocycles. The average Bonchev–Trinajstić information content (AvgIpc) is 2.53. The van der Waals surface area contributed by atoms with Crippen LogP contribution in [0.15, 0.2) is 30.3 Å². The smallest absolute Gasteiger partial charge is 0.225 e. The number of nitrogen functional groups attached to an aromatic ring is 1. The molecule has 0 fully saturated rings. The summed E-state index contributed by atoms with van der Waals surface area (Å²) in [7, 11) is 1.55. The van der Waals surface area contributed by atoms with Crippen molar-refractivity contribution in [2.45, 2.75) is 26.3 Å². The van der Waals surface area contributed by atoms with Crippen molar-refractivity contribution in [1.82, 2.24) is 9.97 Å². The highest BCUT2D eigenvalue weighted by Crippen LogP contribution is 2.25. The summed E-state index contributed by atoms with van der Waals surface area (Å²) in [5.74, 6) is 2.14. The summed E-state index contributed by atoms with van der Waals surface area (Å²) >= 11 is 0. The van der Waals surface area contributed by atoms with E-state index in [0.717, 1.165) is 17.7 Å². The molecule has 0 aliphatic carbocycles. The van der Waals surface area contributed by atoms with Crippen LogP contribution in [0.5, 0.6) is 11.6 Å². The van der Waals surface area contributed by atoms with Gasteiger partial charge >= 0.3 is 0 Å². The summed E-state index contributed by atoms with van der Waals surface area (Å²) in [6.07, 6.45) is 0.903. The molecule has 0 aliphatic rings. The molecular weight excluding hydrogens is 280 g/mol. The Bertz CT molecular complexity index is 602. The number of methoxy groups -OCH3 is 1. The van der Waals surface area contributed by atoms with Crippen LogP contribution < -0.4 is 20.5 Å². The van der Waals surface area contributed by atoms with Gasteiger partial charge in [-0.1, -0.05) is 19.1 Å². The maximum absolute atomic E-state index is 5.69. The van der Waals surface area contributed by atoms with Gasteiger partial charge in [-0.05, 0) is 31.0 Å². The van der Waals surface area contributed by atoms with Crippen LogP contribution in [-0.4, -0.2) is 23.7 Å². The molecule has 1 aromatic heterocycles. The van der Waals surface area contributed by atoms with Crippen molar-refractivity contribution in [3.8, 4) is 11.6 Å². The number of nitrogens with zero attached hydrogens (tertiary/aromatic N) is 2. The summed E-state index contributed by atoms with van der Waals surface area (Å²) in [6.45, 7) is 4.74. The number of rotatable bonds is 7. The maximum Gasteiger partial charge on any atom is 0.225 e. The van der Waals surface area contributed by atoms with E-state index in [9.17, 15) is 0 Å². The Morgan fingerprint density at radius 3 is 2.50 bits per heavy atom. The standard InChI is InChI=1S/C16H22N4O2/c1-4-13(11-6-8-12(9-7-11)22-5-2)18-14-10-15(21-3)20-16(17)19-14/h6-10,13H,4-5H2,1-3H3,(H3,17,18,19,20). The van der Waals surface area contributed by atoms with Gasteiger partial charge in [-0.15, -0.1) is 0 Å². The zero-order valence-corrected chi connectivity index (χ0v) is 13.2. The maximum atomic E-state index is 5.69. The van der Waals surface area contributed by atoms with E-state index < -0.39 is 0 Å². The lowest BCUT2D eigenvalue weighted by Crippen LogP contribution is -2.12. The number of nitrogens with two attached hydrogens (primary N) is 1. The van der Waals surface area contributed by atoms with E-state index >= 15 is 0 Å². The van der Waals surface area contributed by atoms with E-state index in [1.165, 1.54) is 0 Å². The second-order valence-electron chi connectivity index (χ2n) is 4.76. The van der Waals surface area contributed by atoms with Crippen molar-refractivity contribution in [1.29, 1.82) is 0 Å². The first-order chi connectivity index (χ1) is 10.7. The monoisotopic (exact) mass is 302 g/mol. The lowest BCUT2D eigenvalue weighted by Gasteiger charge is -2.19. The zero-order valence-electron chi connectivity index (χ0n) is 13.2. The number of ether oxygens (including phenoxy) is 2. The summed E-state index contributed by atoms with van der Waals surface area (Å²) in [5.41, 5.74) is 6.84. The van der Waals surface area contributed by atoms with Crippen LogP contribution >= 0.6 is 0 Å². The highest BCUT2D eigenvalue weighted by atomic mass is 16.5. The Kier molecular flexibility index (Phi) is 5.41. The Hall–Kier alpha value is -2.50. The van der Waals surface area contributed by atoms with Gasteiger partial charge in [0, 0.05) is 6.07 Å². The molecule has 1 atom stereocenters. The van der Waals surface area contributed by atoms with Crippen molar-refractivity contribution in [3.05, 3.63) is 35.9 Å². The third-order valence-corrected chi connectivity index (χ3v) is 3.25. The Labute approximate surface area is 130 Å².